The predicted octanol–water partition coefficient (Wildman–Crippen LogP) is 4.65. The van der Waals surface area contributed by atoms with Gasteiger partial charge in [0, 0.05) is 30.1 Å². The van der Waals surface area contributed by atoms with Crippen LogP contribution in [0.25, 0.3) is 10.8 Å². The monoisotopic (exact) mass is 501 g/mol. The Hall–Kier alpha value is -4.12. The lowest BCUT2D eigenvalue weighted by atomic mass is 9.93. The molecule has 0 fully saturated rings. The molecule has 180 valence electrons. The van der Waals surface area contributed by atoms with Crippen LogP contribution in [0, 0.1) is 5.82 Å². The van der Waals surface area contributed by atoms with E-state index in [9.17, 15) is 14.0 Å². The first-order valence-corrected chi connectivity index (χ1v) is 12.3. The molecule has 2 unspecified atom stereocenters. The van der Waals surface area contributed by atoms with Crippen LogP contribution in [0.4, 0.5) is 4.39 Å². The van der Waals surface area contributed by atoms with Gasteiger partial charge in [0.15, 0.2) is 16.7 Å². The molecule has 2 aromatic heterocycles. The Morgan fingerprint density at radius 2 is 2.06 bits per heavy atom. The van der Waals surface area contributed by atoms with E-state index in [1.807, 2.05) is 29.0 Å². The van der Waals surface area contributed by atoms with Crippen LogP contribution in [0.1, 0.15) is 56.7 Å². The highest BCUT2D eigenvalue weighted by atomic mass is 32.1. The predicted molar refractivity (Wildman–Crippen MR) is 129 cm³/mol. The van der Waals surface area contributed by atoms with Gasteiger partial charge in [-0.05, 0) is 36.2 Å². The molecule has 0 saturated heterocycles. The molecule has 2 amide bonds. The van der Waals surface area contributed by atoms with Crippen LogP contribution in [0.3, 0.4) is 0 Å². The van der Waals surface area contributed by atoms with Crippen molar-refractivity contribution in [2.75, 3.05) is 6.54 Å². The number of azo groups is 1. The summed E-state index contributed by atoms with van der Waals surface area (Å²) in [5.74, 6) is -0.0669. The molecule has 6 rings (SSSR count). The molecule has 0 N–H and O–H groups in total. The lowest BCUT2D eigenvalue weighted by Crippen LogP contribution is -2.40. The molecule has 0 spiro atoms. The lowest BCUT2D eigenvalue weighted by Gasteiger charge is -2.32. The van der Waals surface area contributed by atoms with Gasteiger partial charge in [-0.15, -0.1) is 26.6 Å². The summed E-state index contributed by atoms with van der Waals surface area (Å²) in [6.45, 7) is 2.58. The molecule has 4 aromatic rings. The van der Waals surface area contributed by atoms with Gasteiger partial charge in [-0.3, -0.25) is 9.59 Å². The molecule has 4 heterocycles. The Kier molecular flexibility index (Phi) is 5.48. The summed E-state index contributed by atoms with van der Waals surface area (Å²) in [7, 11) is 0. The molecule has 11 heteroatoms. The van der Waals surface area contributed by atoms with Crippen LogP contribution in [-0.2, 0) is 13.0 Å². The third kappa shape index (κ3) is 3.81. The van der Waals surface area contributed by atoms with E-state index in [4.69, 9.17) is 0 Å². The van der Waals surface area contributed by atoms with Gasteiger partial charge in [0.2, 0.25) is 0 Å². The SMILES string of the molecule is CC1CN(C(=O)c2cc(CC3N=NC(=O)c4ccccc43)ccc2F)Cc2nnc(-c3nccs3)n21. The number of benzene rings is 2. The van der Waals surface area contributed by atoms with Gasteiger partial charge in [-0.1, -0.05) is 24.3 Å². The van der Waals surface area contributed by atoms with E-state index in [2.05, 4.69) is 25.4 Å². The molecule has 2 atom stereocenters. The van der Waals surface area contributed by atoms with E-state index < -0.39 is 11.7 Å². The van der Waals surface area contributed by atoms with Gasteiger partial charge >= 0.3 is 0 Å². The van der Waals surface area contributed by atoms with Crippen molar-refractivity contribution >= 4 is 23.2 Å². The summed E-state index contributed by atoms with van der Waals surface area (Å²) in [6, 6.07) is 11.2. The van der Waals surface area contributed by atoms with Crippen molar-refractivity contribution in [1.29, 1.82) is 0 Å². The zero-order valence-electron chi connectivity index (χ0n) is 19.2. The van der Waals surface area contributed by atoms with Crippen molar-refractivity contribution in [3.05, 3.63) is 87.9 Å². The quantitative estimate of drug-likeness (QED) is 0.405. The lowest BCUT2D eigenvalue weighted by molar-refractivity contribution is 0.0677. The summed E-state index contributed by atoms with van der Waals surface area (Å²) in [4.78, 5) is 31.4. The number of rotatable bonds is 4. The molecule has 2 aliphatic heterocycles. The number of hydrogen-bond donors (Lipinski definition) is 0. The number of carbonyl (C=O) groups excluding carboxylic acids is 2. The zero-order valence-corrected chi connectivity index (χ0v) is 20.0. The van der Waals surface area contributed by atoms with Crippen molar-refractivity contribution in [2.24, 2.45) is 10.2 Å². The Labute approximate surface area is 209 Å². The summed E-state index contributed by atoms with van der Waals surface area (Å²) in [5.41, 5.74) is 2.01. The fourth-order valence-electron chi connectivity index (χ4n) is 4.79. The maximum absolute atomic E-state index is 14.9. The van der Waals surface area contributed by atoms with Crippen molar-refractivity contribution in [3.63, 3.8) is 0 Å². The number of halogens is 1. The summed E-state index contributed by atoms with van der Waals surface area (Å²) >= 11 is 1.48. The topological polar surface area (TPSA) is 106 Å². The second-order valence-electron chi connectivity index (χ2n) is 8.82. The number of thiazole rings is 1. The number of aromatic nitrogens is 4. The van der Waals surface area contributed by atoms with E-state index in [1.165, 1.54) is 17.4 Å². The Morgan fingerprint density at radius 3 is 2.89 bits per heavy atom. The summed E-state index contributed by atoms with van der Waals surface area (Å²) in [6.07, 6.45) is 2.10. The first kappa shape index (κ1) is 22.4. The van der Waals surface area contributed by atoms with Gasteiger partial charge in [0.1, 0.15) is 11.9 Å². The molecular formula is C25H20FN7O2S. The van der Waals surface area contributed by atoms with Crippen molar-refractivity contribution < 1.29 is 14.0 Å². The van der Waals surface area contributed by atoms with Crippen molar-refractivity contribution in [3.8, 4) is 10.8 Å². The standard InChI is InChI=1S/C25H20FN7O2S/c1-14-12-32(13-21-29-30-22(33(14)21)24-27-8-9-36-24)25(35)18-10-15(6-7-19(18)26)11-20-16-4-2-3-5-17(16)23(34)31-28-20/h2-10,14,20H,11-13H2,1H3. The Morgan fingerprint density at radius 1 is 1.19 bits per heavy atom. The van der Waals surface area contributed by atoms with Crippen LogP contribution in [0.5, 0.6) is 0 Å². The largest absolute Gasteiger partial charge is 0.329 e. The first-order chi connectivity index (χ1) is 17.5. The normalized spacial score (nSPS) is 18.7. The minimum Gasteiger partial charge on any atom is -0.329 e. The number of amides is 2. The second-order valence-corrected chi connectivity index (χ2v) is 9.72. The van der Waals surface area contributed by atoms with Crippen molar-refractivity contribution in [2.45, 2.75) is 32.0 Å². The van der Waals surface area contributed by atoms with Gasteiger partial charge in [-0.2, -0.15) is 5.11 Å². The van der Waals surface area contributed by atoms with Gasteiger partial charge in [0.25, 0.3) is 11.8 Å². The molecule has 0 aliphatic carbocycles. The number of nitrogens with zero attached hydrogens (tertiary/aromatic N) is 7. The van der Waals surface area contributed by atoms with Gasteiger partial charge < -0.3 is 9.47 Å². The van der Waals surface area contributed by atoms with Crippen LogP contribution in [-0.4, -0.2) is 43.0 Å². The summed E-state index contributed by atoms with van der Waals surface area (Å²) in [5, 5.41) is 19.1. The number of hydrogen-bond acceptors (Lipinski definition) is 7. The third-order valence-corrected chi connectivity index (χ3v) is 7.23. The smallest absolute Gasteiger partial charge is 0.295 e. The molecular weight excluding hydrogens is 481 g/mol. The molecule has 2 aromatic carbocycles. The maximum Gasteiger partial charge on any atom is 0.295 e. The van der Waals surface area contributed by atoms with Crippen LogP contribution in [0.2, 0.25) is 0 Å². The molecule has 36 heavy (non-hydrogen) atoms. The summed E-state index contributed by atoms with van der Waals surface area (Å²) < 4.78 is 16.8. The average molecular weight is 502 g/mol. The zero-order chi connectivity index (χ0) is 24.8. The number of carbonyl (C=O) groups is 2. The minimum atomic E-state index is -0.590. The first-order valence-electron chi connectivity index (χ1n) is 11.4. The minimum absolute atomic E-state index is 0.00933. The Bertz CT molecular complexity index is 1510. The molecule has 0 saturated carbocycles. The molecule has 0 bridgehead atoms. The van der Waals surface area contributed by atoms with E-state index in [0.717, 1.165) is 16.1 Å². The highest BCUT2D eigenvalue weighted by Gasteiger charge is 2.32. The highest BCUT2D eigenvalue weighted by Crippen LogP contribution is 2.32. The van der Waals surface area contributed by atoms with Crippen LogP contribution < -0.4 is 0 Å². The fraction of sp³-hybridized carbons (Fsp3) is 0.240. The van der Waals surface area contributed by atoms with Gasteiger partial charge in [-0.25, -0.2) is 9.37 Å². The van der Waals surface area contributed by atoms with Crippen LogP contribution >= 0.6 is 11.3 Å². The van der Waals surface area contributed by atoms with Crippen LogP contribution in [0.15, 0.2) is 64.3 Å². The molecule has 2 aliphatic rings. The van der Waals surface area contributed by atoms with E-state index >= 15 is 0 Å². The van der Waals surface area contributed by atoms with Gasteiger partial charge in [0.05, 0.1) is 18.2 Å². The Balaban J connectivity index is 1.25. The third-order valence-electron chi connectivity index (χ3n) is 6.46. The second kappa shape index (κ2) is 8.83. The highest BCUT2D eigenvalue weighted by molar-refractivity contribution is 7.13. The number of fused-ring (bicyclic) bond motifs is 2. The van der Waals surface area contributed by atoms with E-state index in [-0.39, 0.29) is 30.1 Å². The molecule has 9 nitrogen and oxygen atoms in total. The van der Waals surface area contributed by atoms with Crippen molar-refractivity contribution in [1.82, 2.24) is 24.6 Å². The maximum atomic E-state index is 14.9. The molecule has 0 radical (unpaired) electrons. The van der Waals surface area contributed by atoms with E-state index in [0.29, 0.717) is 30.2 Å². The van der Waals surface area contributed by atoms with E-state index in [1.54, 1.807) is 35.4 Å². The fourth-order valence-corrected chi connectivity index (χ4v) is 5.41. The average Bonchev–Trinajstić information content (AvgIpc) is 3.57.